The minimum atomic E-state index is -0.757. The Bertz CT molecular complexity index is 1530. The number of amides is 1. The summed E-state index contributed by atoms with van der Waals surface area (Å²) in [6, 6.07) is 21.2. The summed E-state index contributed by atoms with van der Waals surface area (Å²) in [5.74, 6) is 5.52. The van der Waals surface area contributed by atoms with Crippen LogP contribution in [-0.2, 0) is 14.9 Å². The summed E-state index contributed by atoms with van der Waals surface area (Å²) in [6.07, 6.45) is 0.409. The second-order valence-corrected chi connectivity index (χ2v) is 9.74. The minimum Gasteiger partial charge on any atom is -0.481 e. The summed E-state index contributed by atoms with van der Waals surface area (Å²) >= 11 is 1.22. The first kappa shape index (κ1) is 23.6. The van der Waals surface area contributed by atoms with Gasteiger partial charge in [-0.25, -0.2) is 4.79 Å². The number of carbonyl (C=O) groups excluding carboxylic acids is 1. The largest absolute Gasteiger partial charge is 0.481 e. The molecule has 36 heavy (non-hydrogen) atoms. The van der Waals surface area contributed by atoms with Crippen molar-refractivity contribution in [1.82, 2.24) is 4.37 Å². The van der Waals surface area contributed by atoms with E-state index in [0.717, 1.165) is 27.5 Å². The third-order valence-corrected chi connectivity index (χ3v) is 7.37. The SMILES string of the molecule is Cc1nsc(C#Cc2ccc3cc(C4(C(=O)O)CC4)ccc3c2)c1NC(=O)O[C@H](C)c1ccccc1. The highest BCUT2D eigenvalue weighted by Crippen LogP contribution is 2.49. The fourth-order valence-electron chi connectivity index (χ4n) is 4.19. The number of hydrogen-bond acceptors (Lipinski definition) is 5. The van der Waals surface area contributed by atoms with Crippen LogP contribution in [0.1, 0.15) is 53.1 Å². The van der Waals surface area contributed by atoms with Crippen LogP contribution in [0.3, 0.4) is 0 Å². The monoisotopic (exact) mass is 496 g/mol. The van der Waals surface area contributed by atoms with E-state index in [0.29, 0.717) is 29.1 Å². The highest BCUT2D eigenvalue weighted by molar-refractivity contribution is 7.07. The number of aryl methyl sites for hydroxylation is 1. The Hall–Kier alpha value is -4.15. The molecule has 0 radical (unpaired) electrons. The summed E-state index contributed by atoms with van der Waals surface area (Å²) in [4.78, 5) is 24.8. The van der Waals surface area contributed by atoms with Gasteiger partial charge in [-0.1, -0.05) is 60.5 Å². The zero-order valence-electron chi connectivity index (χ0n) is 19.9. The molecule has 1 fully saturated rings. The fraction of sp³-hybridized carbons (Fsp3) is 0.207. The normalized spacial score (nSPS) is 14.4. The fourth-order valence-corrected chi connectivity index (χ4v) is 4.89. The van der Waals surface area contributed by atoms with Crippen molar-refractivity contribution in [3.05, 3.63) is 94.0 Å². The molecule has 0 bridgehead atoms. The molecule has 0 saturated heterocycles. The predicted octanol–water partition coefficient (Wildman–Crippen LogP) is 6.43. The number of carboxylic acid groups (broad SMARTS) is 1. The molecule has 4 aromatic rings. The lowest BCUT2D eigenvalue weighted by molar-refractivity contribution is -0.140. The van der Waals surface area contributed by atoms with Gasteiger partial charge in [-0.05, 0) is 78.2 Å². The Labute approximate surface area is 213 Å². The molecular weight excluding hydrogens is 472 g/mol. The molecule has 1 amide bonds. The number of ether oxygens (including phenoxy) is 1. The number of aromatic nitrogens is 1. The van der Waals surface area contributed by atoms with Crippen molar-refractivity contribution in [3.8, 4) is 11.8 Å². The average Bonchev–Trinajstić information content (AvgIpc) is 3.63. The van der Waals surface area contributed by atoms with Crippen LogP contribution in [0, 0.1) is 18.8 Å². The van der Waals surface area contributed by atoms with Crippen molar-refractivity contribution >= 4 is 40.1 Å². The number of nitrogens with zero attached hydrogens (tertiary/aromatic N) is 1. The highest BCUT2D eigenvalue weighted by Gasteiger charge is 2.51. The average molecular weight is 497 g/mol. The molecule has 5 rings (SSSR count). The summed E-state index contributed by atoms with van der Waals surface area (Å²) in [6.45, 7) is 3.64. The van der Waals surface area contributed by atoms with Crippen molar-refractivity contribution in [2.75, 3.05) is 5.32 Å². The molecule has 1 aliphatic rings. The van der Waals surface area contributed by atoms with E-state index in [9.17, 15) is 14.7 Å². The quantitative estimate of drug-likeness (QED) is 0.311. The number of anilines is 1. The van der Waals surface area contributed by atoms with Crippen LogP contribution in [0.2, 0.25) is 0 Å². The number of nitrogens with one attached hydrogen (secondary N) is 1. The van der Waals surface area contributed by atoms with E-state index in [1.165, 1.54) is 11.5 Å². The van der Waals surface area contributed by atoms with Gasteiger partial charge in [0.05, 0.1) is 16.8 Å². The van der Waals surface area contributed by atoms with Gasteiger partial charge in [0, 0.05) is 5.56 Å². The molecule has 1 heterocycles. The maximum Gasteiger partial charge on any atom is 0.412 e. The van der Waals surface area contributed by atoms with Gasteiger partial charge in [0.1, 0.15) is 11.0 Å². The van der Waals surface area contributed by atoms with Crippen LogP contribution in [0.4, 0.5) is 10.5 Å². The van der Waals surface area contributed by atoms with Gasteiger partial charge in [-0.15, -0.1) is 0 Å². The number of rotatable bonds is 5. The van der Waals surface area contributed by atoms with E-state index in [-0.39, 0.29) is 0 Å². The van der Waals surface area contributed by atoms with E-state index in [2.05, 4.69) is 21.5 Å². The maximum absolute atomic E-state index is 12.5. The lowest BCUT2D eigenvalue weighted by Gasteiger charge is -2.14. The second-order valence-electron chi connectivity index (χ2n) is 8.97. The van der Waals surface area contributed by atoms with Crippen LogP contribution in [0.15, 0.2) is 66.7 Å². The summed E-state index contributed by atoms with van der Waals surface area (Å²) in [5.41, 5.74) is 3.07. The summed E-state index contributed by atoms with van der Waals surface area (Å²) in [5, 5.41) is 14.3. The van der Waals surface area contributed by atoms with Gasteiger partial charge in [-0.2, -0.15) is 4.37 Å². The molecule has 1 saturated carbocycles. The third-order valence-electron chi connectivity index (χ3n) is 6.52. The molecule has 1 aliphatic carbocycles. The number of fused-ring (bicyclic) bond motifs is 1. The smallest absolute Gasteiger partial charge is 0.412 e. The van der Waals surface area contributed by atoms with Gasteiger partial charge in [-0.3, -0.25) is 10.1 Å². The molecular formula is C29H24N2O4S. The van der Waals surface area contributed by atoms with Crippen LogP contribution in [0.5, 0.6) is 0 Å². The van der Waals surface area contributed by atoms with Crippen LogP contribution in [-0.4, -0.2) is 21.5 Å². The number of carbonyl (C=O) groups is 2. The number of hydrogen-bond donors (Lipinski definition) is 2. The Morgan fingerprint density at radius 2 is 1.78 bits per heavy atom. The maximum atomic E-state index is 12.5. The van der Waals surface area contributed by atoms with Crippen LogP contribution in [0.25, 0.3) is 10.8 Å². The predicted molar refractivity (Wildman–Crippen MR) is 140 cm³/mol. The van der Waals surface area contributed by atoms with E-state index in [1.807, 2.05) is 80.6 Å². The highest BCUT2D eigenvalue weighted by atomic mass is 32.1. The van der Waals surface area contributed by atoms with Crippen molar-refractivity contribution in [1.29, 1.82) is 0 Å². The standard InChI is InChI=1S/C29H24N2O4S/c1-18-26(30-28(34)35-19(2)21-6-4-3-5-7-21)25(36-31-18)13-9-20-8-10-23-17-24(12-11-22(23)16-20)29(14-15-29)27(32)33/h3-8,10-12,16-17,19H,14-15H2,1-2H3,(H,30,34)(H,32,33)/t19-/m1/s1. The lowest BCUT2D eigenvalue weighted by Crippen LogP contribution is -2.19. The van der Waals surface area contributed by atoms with E-state index >= 15 is 0 Å². The Balaban J connectivity index is 1.32. The Morgan fingerprint density at radius 1 is 1.06 bits per heavy atom. The van der Waals surface area contributed by atoms with E-state index in [1.54, 1.807) is 0 Å². The Morgan fingerprint density at radius 3 is 2.50 bits per heavy atom. The first-order valence-electron chi connectivity index (χ1n) is 11.6. The minimum absolute atomic E-state index is 0.393. The lowest BCUT2D eigenvalue weighted by atomic mass is 9.93. The van der Waals surface area contributed by atoms with Crippen molar-refractivity contribution in [2.24, 2.45) is 0 Å². The molecule has 180 valence electrons. The van der Waals surface area contributed by atoms with Gasteiger partial charge in [0.2, 0.25) is 0 Å². The molecule has 6 nitrogen and oxygen atoms in total. The third kappa shape index (κ3) is 4.68. The van der Waals surface area contributed by atoms with Crippen LogP contribution < -0.4 is 5.32 Å². The number of benzene rings is 3. The van der Waals surface area contributed by atoms with Gasteiger partial charge < -0.3 is 9.84 Å². The van der Waals surface area contributed by atoms with E-state index < -0.39 is 23.6 Å². The van der Waals surface area contributed by atoms with Crippen LogP contribution >= 0.6 is 11.5 Å². The molecule has 0 unspecified atom stereocenters. The molecule has 3 aromatic carbocycles. The van der Waals surface area contributed by atoms with Crippen molar-refractivity contribution < 1.29 is 19.4 Å². The first-order valence-corrected chi connectivity index (χ1v) is 12.4. The molecule has 0 aliphatic heterocycles. The molecule has 0 spiro atoms. The summed E-state index contributed by atoms with van der Waals surface area (Å²) in [7, 11) is 0. The first-order chi connectivity index (χ1) is 17.4. The number of aliphatic carboxylic acids is 1. The zero-order valence-corrected chi connectivity index (χ0v) is 20.7. The molecule has 1 atom stereocenters. The van der Waals surface area contributed by atoms with Gasteiger partial charge in [0.25, 0.3) is 0 Å². The van der Waals surface area contributed by atoms with Crippen molar-refractivity contribution in [3.63, 3.8) is 0 Å². The van der Waals surface area contributed by atoms with E-state index in [4.69, 9.17) is 4.74 Å². The van der Waals surface area contributed by atoms with Gasteiger partial charge in [0.15, 0.2) is 0 Å². The summed E-state index contributed by atoms with van der Waals surface area (Å²) < 4.78 is 9.87. The Kier molecular flexibility index (Phi) is 6.21. The second kappa shape index (κ2) is 9.48. The van der Waals surface area contributed by atoms with Gasteiger partial charge >= 0.3 is 12.1 Å². The zero-order chi connectivity index (χ0) is 25.3. The topological polar surface area (TPSA) is 88.5 Å². The van der Waals surface area contributed by atoms with Crippen molar-refractivity contribution in [2.45, 2.75) is 38.2 Å². The molecule has 1 aromatic heterocycles. The molecule has 2 N–H and O–H groups in total. The number of carboxylic acids is 1. The molecule has 7 heteroatoms.